The summed E-state index contributed by atoms with van der Waals surface area (Å²) in [5.41, 5.74) is -3.14. The first-order chi connectivity index (χ1) is 19.9. The van der Waals surface area contributed by atoms with Gasteiger partial charge in [-0.25, -0.2) is 0 Å². The lowest BCUT2D eigenvalue weighted by Crippen LogP contribution is -2.85. The average Bonchev–Trinajstić information content (AvgIpc) is 3.54. The van der Waals surface area contributed by atoms with E-state index in [1.165, 1.54) is 11.3 Å². The highest BCUT2D eigenvalue weighted by Gasteiger charge is 2.88. The maximum absolute atomic E-state index is 14.2. The summed E-state index contributed by atoms with van der Waals surface area (Å²) in [5, 5.41) is 29.1. The molecule has 5 aliphatic carbocycles. The van der Waals surface area contributed by atoms with Crippen molar-refractivity contribution in [2.24, 2.45) is 39.9 Å². The SMILES string of the molecule is C=C1C(=O)[C@]23[C@H](OC(=O)C4CCC(NC(=O)c5cccs5)CC4)[C@H]1CC[C@H]2[C@@]12CO[C@@]3(O)[C@@H](O)[C@@H]1C(C)(C)CCC2=O. The zero-order valence-corrected chi connectivity index (χ0v) is 24.9. The van der Waals surface area contributed by atoms with Crippen LogP contribution >= 0.6 is 11.3 Å². The number of nitrogens with one attached hydrogen (secondary N) is 1. The molecule has 0 radical (unpaired) electrons. The first-order valence-corrected chi connectivity index (χ1v) is 16.1. The van der Waals surface area contributed by atoms with Crippen molar-refractivity contribution in [2.75, 3.05) is 6.61 Å². The fourth-order valence-corrected chi connectivity index (χ4v) is 10.8. The highest BCUT2D eigenvalue weighted by molar-refractivity contribution is 7.12. The van der Waals surface area contributed by atoms with E-state index in [4.69, 9.17) is 9.47 Å². The van der Waals surface area contributed by atoms with Crippen molar-refractivity contribution in [3.05, 3.63) is 34.5 Å². The number of ether oxygens (including phenoxy) is 2. The van der Waals surface area contributed by atoms with Gasteiger partial charge < -0.3 is 25.0 Å². The fraction of sp³-hybridized carbons (Fsp3) is 0.688. The van der Waals surface area contributed by atoms with Crippen LogP contribution < -0.4 is 5.32 Å². The summed E-state index contributed by atoms with van der Waals surface area (Å²) < 4.78 is 12.3. The summed E-state index contributed by atoms with van der Waals surface area (Å²) in [5.74, 6) is -5.54. The first-order valence-electron chi connectivity index (χ1n) is 15.3. The number of hydrogen-bond acceptors (Lipinski definition) is 9. The molecule has 4 bridgehead atoms. The molecule has 8 rings (SSSR count). The van der Waals surface area contributed by atoms with Gasteiger partial charge in [0.25, 0.3) is 5.91 Å². The van der Waals surface area contributed by atoms with Crippen LogP contribution in [0.25, 0.3) is 0 Å². The Morgan fingerprint density at radius 1 is 1.14 bits per heavy atom. The number of hydrogen-bond donors (Lipinski definition) is 3. The van der Waals surface area contributed by atoms with E-state index in [0.29, 0.717) is 56.2 Å². The molecule has 226 valence electrons. The van der Waals surface area contributed by atoms with E-state index >= 15 is 0 Å². The fourth-order valence-electron chi connectivity index (χ4n) is 10.1. The van der Waals surface area contributed by atoms with Gasteiger partial charge in [0.1, 0.15) is 23.4 Å². The van der Waals surface area contributed by atoms with Crippen molar-refractivity contribution in [3.8, 4) is 0 Å². The molecule has 1 aromatic rings. The van der Waals surface area contributed by atoms with Crippen LogP contribution in [0.15, 0.2) is 29.7 Å². The molecule has 42 heavy (non-hydrogen) atoms. The number of carbonyl (C=O) groups excluding carboxylic acids is 4. The topological polar surface area (TPSA) is 139 Å². The Morgan fingerprint density at radius 3 is 2.57 bits per heavy atom. The number of rotatable bonds is 4. The van der Waals surface area contributed by atoms with Crippen LogP contribution in [0.1, 0.15) is 74.9 Å². The summed E-state index contributed by atoms with van der Waals surface area (Å²) in [4.78, 5) is 55.0. The molecule has 0 unspecified atom stereocenters. The maximum atomic E-state index is 14.2. The van der Waals surface area contributed by atoms with Gasteiger partial charge >= 0.3 is 5.97 Å². The smallest absolute Gasteiger partial charge is 0.309 e. The van der Waals surface area contributed by atoms with Crippen LogP contribution in [0.5, 0.6) is 0 Å². The first kappa shape index (κ1) is 28.4. The molecule has 1 aromatic heterocycles. The van der Waals surface area contributed by atoms with Gasteiger partial charge in [-0.15, -0.1) is 11.3 Å². The molecule has 5 saturated carbocycles. The second kappa shape index (κ2) is 9.30. The zero-order chi connectivity index (χ0) is 29.8. The van der Waals surface area contributed by atoms with Gasteiger partial charge in [-0.3, -0.25) is 19.2 Å². The van der Waals surface area contributed by atoms with Crippen molar-refractivity contribution >= 4 is 34.8 Å². The average molecular weight is 598 g/mol. The number of Topliss-reactive ketones (excluding diaryl/α,β-unsaturated/α-hetero) is 2. The number of fused-ring (bicyclic) bond motifs is 2. The van der Waals surface area contributed by atoms with Gasteiger partial charge in [-0.2, -0.15) is 0 Å². The minimum absolute atomic E-state index is 0.0473. The normalized spacial score (nSPS) is 45.2. The van der Waals surface area contributed by atoms with E-state index in [1.807, 2.05) is 25.3 Å². The summed E-state index contributed by atoms with van der Waals surface area (Å²) in [7, 11) is 0. The highest BCUT2D eigenvalue weighted by atomic mass is 32.1. The lowest BCUT2D eigenvalue weighted by atomic mass is 9.36. The Bertz CT molecular complexity index is 1360. The molecule has 7 aliphatic rings. The number of aliphatic hydroxyl groups excluding tert-OH is 1. The lowest BCUT2D eigenvalue weighted by Gasteiger charge is -2.73. The number of ketones is 2. The van der Waals surface area contributed by atoms with Gasteiger partial charge in [-0.05, 0) is 73.3 Å². The molecule has 2 spiro atoms. The van der Waals surface area contributed by atoms with Crippen LogP contribution in [-0.2, 0) is 23.9 Å². The number of aliphatic hydroxyl groups is 2. The third kappa shape index (κ3) is 3.41. The monoisotopic (exact) mass is 597 g/mol. The van der Waals surface area contributed by atoms with Crippen LogP contribution in [0, 0.1) is 39.9 Å². The van der Waals surface area contributed by atoms with E-state index in [0.717, 1.165) is 0 Å². The molecule has 8 atom stereocenters. The Labute approximate surface area is 249 Å². The number of esters is 1. The molecule has 2 aliphatic heterocycles. The Hall–Kier alpha value is -2.40. The Kier molecular flexibility index (Phi) is 6.28. The number of carbonyl (C=O) groups is 4. The predicted octanol–water partition coefficient (Wildman–Crippen LogP) is 3.19. The lowest BCUT2D eigenvalue weighted by molar-refractivity contribution is -0.437. The Morgan fingerprint density at radius 2 is 1.88 bits per heavy atom. The van der Waals surface area contributed by atoms with E-state index in [1.54, 1.807) is 6.07 Å². The van der Waals surface area contributed by atoms with Crippen LogP contribution in [0.3, 0.4) is 0 Å². The van der Waals surface area contributed by atoms with Gasteiger partial charge in [0, 0.05) is 24.3 Å². The minimum Gasteiger partial charge on any atom is -0.460 e. The third-order valence-electron chi connectivity index (χ3n) is 12.0. The molecule has 10 heteroatoms. The van der Waals surface area contributed by atoms with Gasteiger partial charge in [0.05, 0.1) is 22.8 Å². The molecular formula is C32H39NO8S. The molecule has 3 heterocycles. The Balaban J connectivity index is 1.17. The molecule has 1 amide bonds. The summed E-state index contributed by atoms with van der Waals surface area (Å²) in [6.07, 6.45) is 1.55. The van der Waals surface area contributed by atoms with E-state index in [9.17, 15) is 29.4 Å². The molecule has 2 saturated heterocycles. The quantitative estimate of drug-likeness (QED) is 0.355. The summed E-state index contributed by atoms with van der Waals surface area (Å²) >= 11 is 1.38. The number of thiophene rings is 1. The van der Waals surface area contributed by atoms with Crippen LogP contribution in [0.4, 0.5) is 0 Å². The largest absolute Gasteiger partial charge is 0.460 e. The molecular weight excluding hydrogens is 558 g/mol. The summed E-state index contributed by atoms with van der Waals surface area (Å²) in [6.45, 7) is 8.01. The van der Waals surface area contributed by atoms with E-state index in [-0.39, 0.29) is 29.9 Å². The standard InChI is InChI=1S/C32H39NO8S/c1-16-19-10-11-21-30-15-40-32(39,25(36)23(30)29(2,3)13-12-22(30)34)31(21,24(16)35)26(19)41-28(38)17-6-8-18(9-7-17)33-27(37)20-5-4-14-42-20/h4-5,14,17-19,21,23,25-26,36,39H,1,6-13,15H2,2-3H3,(H,33,37)/t17?,18?,19-,21-,23+,25-,26+,30+,31-,32-/m0/s1. The molecule has 3 N–H and O–H groups in total. The van der Waals surface area contributed by atoms with Gasteiger partial charge in [-0.1, -0.05) is 26.5 Å². The predicted molar refractivity (Wildman–Crippen MR) is 151 cm³/mol. The second-order valence-corrected chi connectivity index (χ2v) is 15.1. The van der Waals surface area contributed by atoms with Crippen molar-refractivity contribution in [3.63, 3.8) is 0 Å². The second-order valence-electron chi connectivity index (χ2n) is 14.2. The highest BCUT2D eigenvalue weighted by Crippen LogP contribution is 2.76. The zero-order valence-electron chi connectivity index (χ0n) is 24.1. The van der Waals surface area contributed by atoms with Crippen LogP contribution in [0.2, 0.25) is 0 Å². The number of amides is 1. The maximum Gasteiger partial charge on any atom is 0.309 e. The molecule has 0 aromatic carbocycles. The molecule has 7 fully saturated rings. The third-order valence-corrected chi connectivity index (χ3v) is 12.9. The van der Waals surface area contributed by atoms with Crippen molar-refractivity contribution in [1.82, 2.24) is 5.32 Å². The van der Waals surface area contributed by atoms with Gasteiger partial charge in [0.2, 0.25) is 5.79 Å². The van der Waals surface area contributed by atoms with E-state index in [2.05, 4.69) is 11.9 Å². The minimum atomic E-state index is -2.30. The van der Waals surface area contributed by atoms with Gasteiger partial charge in [0.15, 0.2) is 5.78 Å². The van der Waals surface area contributed by atoms with Crippen LogP contribution in [-0.4, -0.2) is 64.3 Å². The van der Waals surface area contributed by atoms with E-state index < -0.39 is 69.7 Å². The molecule has 9 nitrogen and oxygen atoms in total. The summed E-state index contributed by atoms with van der Waals surface area (Å²) in [6, 6.07) is 3.56. The van der Waals surface area contributed by atoms with Crippen molar-refractivity contribution < 1.29 is 38.9 Å². The van der Waals surface area contributed by atoms with Crippen molar-refractivity contribution in [2.45, 2.75) is 89.3 Å². The van der Waals surface area contributed by atoms with Crippen molar-refractivity contribution in [1.29, 1.82) is 0 Å².